The highest BCUT2D eigenvalue weighted by Crippen LogP contribution is 2.50. The van der Waals surface area contributed by atoms with Crippen molar-refractivity contribution in [1.29, 1.82) is 0 Å². The normalized spacial score (nSPS) is 37.6. The van der Waals surface area contributed by atoms with Crippen LogP contribution in [0.2, 0.25) is 0 Å². The zero-order valence-corrected chi connectivity index (χ0v) is 23.4. The van der Waals surface area contributed by atoms with Crippen molar-refractivity contribution in [3.63, 3.8) is 0 Å². The van der Waals surface area contributed by atoms with Crippen LogP contribution in [0.4, 0.5) is 0 Å². The van der Waals surface area contributed by atoms with Crippen LogP contribution in [0, 0.1) is 47.3 Å². The van der Waals surface area contributed by atoms with Gasteiger partial charge in [-0.15, -0.1) is 0 Å². The second-order valence-corrected chi connectivity index (χ2v) is 13.5. The maximum Gasteiger partial charge on any atom is -0.0193 e. The van der Waals surface area contributed by atoms with E-state index in [-0.39, 0.29) is 0 Å². The summed E-state index contributed by atoms with van der Waals surface area (Å²) in [5.41, 5.74) is 3.20. The lowest BCUT2D eigenvalue weighted by molar-refractivity contribution is 0.165. The highest BCUT2D eigenvalue weighted by atomic mass is 14.5. The SMILES string of the molecule is CCCC1CCCC(C2CC(Cc3cccc(C(C)CC)c3)C(CC3CCC(C)C(C)C3)C2)C1. The van der Waals surface area contributed by atoms with Crippen molar-refractivity contribution in [3.05, 3.63) is 35.4 Å². The van der Waals surface area contributed by atoms with E-state index in [2.05, 4.69) is 58.9 Å². The average molecular weight is 465 g/mol. The molecule has 4 rings (SSSR count). The van der Waals surface area contributed by atoms with Crippen LogP contribution in [0.15, 0.2) is 24.3 Å². The molecule has 34 heavy (non-hydrogen) atoms. The minimum Gasteiger partial charge on any atom is -0.0654 e. The summed E-state index contributed by atoms with van der Waals surface area (Å²) < 4.78 is 0. The molecular weight excluding hydrogens is 408 g/mol. The second kappa shape index (κ2) is 12.5. The van der Waals surface area contributed by atoms with Crippen LogP contribution in [0.5, 0.6) is 0 Å². The van der Waals surface area contributed by atoms with Crippen molar-refractivity contribution in [2.45, 2.75) is 130 Å². The van der Waals surface area contributed by atoms with Gasteiger partial charge in [0.05, 0.1) is 0 Å². The molecule has 1 aromatic carbocycles. The molecule has 192 valence electrons. The van der Waals surface area contributed by atoms with Gasteiger partial charge in [0, 0.05) is 0 Å². The van der Waals surface area contributed by atoms with E-state index in [1.807, 2.05) is 0 Å². The fraction of sp³-hybridized carbons (Fsp3) is 0.824. The first-order chi connectivity index (χ1) is 16.5. The van der Waals surface area contributed by atoms with Gasteiger partial charge in [0.2, 0.25) is 0 Å². The lowest BCUT2D eigenvalue weighted by Crippen LogP contribution is -2.24. The van der Waals surface area contributed by atoms with E-state index in [1.165, 1.54) is 77.0 Å². The fourth-order valence-electron chi connectivity index (χ4n) is 8.48. The third kappa shape index (κ3) is 6.70. The first-order valence-corrected chi connectivity index (χ1v) is 15.6. The molecule has 0 radical (unpaired) electrons. The summed E-state index contributed by atoms with van der Waals surface area (Å²) in [6.45, 7) is 12.1. The first-order valence-electron chi connectivity index (χ1n) is 15.6. The number of rotatable bonds is 9. The molecular formula is C34H56. The van der Waals surface area contributed by atoms with E-state index in [9.17, 15) is 0 Å². The lowest BCUT2D eigenvalue weighted by Gasteiger charge is -2.35. The summed E-state index contributed by atoms with van der Waals surface area (Å²) in [5.74, 6) is 8.58. The summed E-state index contributed by atoms with van der Waals surface area (Å²) in [6.07, 6.45) is 20.7. The van der Waals surface area contributed by atoms with Crippen LogP contribution in [0.3, 0.4) is 0 Å². The molecule has 9 unspecified atom stereocenters. The van der Waals surface area contributed by atoms with Crippen molar-refractivity contribution in [2.75, 3.05) is 0 Å². The molecule has 1 aromatic rings. The second-order valence-electron chi connectivity index (χ2n) is 13.5. The van der Waals surface area contributed by atoms with Crippen molar-refractivity contribution in [1.82, 2.24) is 0 Å². The maximum atomic E-state index is 2.57. The molecule has 0 aliphatic heterocycles. The predicted molar refractivity (Wildman–Crippen MR) is 149 cm³/mol. The van der Waals surface area contributed by atoms with Gasteiger partial charge >= 0.3 is 0 Å². The Morgan fingerprint density at radius 2 is 1.65 bits per heavy atom. The van der Waals surface area contributed by atoms with E-state index in [4.69, 9.17) is 0 Å². The molecule has 0 aromatic heterocycles. The van der Waals surface area contributed by atoms with Crippen LogP contribution in [0.1, 0.15) is 135 Å². The molecule has 0 bridgehead atoms. The Kier molecular flexibility index (Phi) is 9.63. The van der Waals surface area contributed by atoms with E-state index in [0.717, 1.165) is 47.3 Å². The van der Waals surface area contributed by atoms with E-state index in [1.54, 1.807) is 24.0 Å². The quantitative estimate of drug-likeness (QED) is 0.341. The summed E-state index contributed by atoms with van der Waals surface area (Å²) in [6, 6.07) is 9.73. The Morgan fingerprint density at radius 3 is 2.41 bits per heavy atom. The van der Waals surface area contributed by atoms with Gasteiger partial charge in [0.25, 0.3) is 0 Å². The number of hydrogen-bond donors (Lipinski definition) is 0. The van der Waals surface area contributed by atoms with Crippen molar-refractivity contribution in [2.24, 2.45) is 47.3 Å². The molecule has 3 saturated carbocycles. The van der Waals surface area contributed by atoms with Gasteiger partial charge in [-0.1, -0.05) is 104 Å². The Hall–Kier alpha value is -0.780. The first kappa shape index (κ1) is 26.3. The van der Waals surface area contributed by atoms with Gasteiger partial charge in [-0.2, -0.15) is 0 Å². The van der Waals surface area contributed by atoms with Crippen molar-refractivity contribution in [3.8, 4) is 0 Å². The van der Waals surface area contributed by atoms with Crippen LogP contribution >= 0.6 is 0 Å². The van der Waals surface area contributed by atoms with Gasteiger partial charge in [0.15, 0.2) is 0 Å². The Balaban J connectivity index is 1.46. The zero-order valence-electron chi connectivity index (χ0n) is 23.4. The molecule has 0 saturated heterocycles. The third-order valence-corrected chi connectivity index (χ3v) is 11.0. The average Bonchev–Trinajstić information content (AvgIpc) is 3.23. The zero-order chi connectivity index (χ0) is 24.1. The van der Waals surface area contributed by atoms with Gasteiger partial charge in [-0.3, -0.25) is 0 Å². The van der Waals surface area contributed by atoms with Gasteiger partial charge < -0.3 is 0 Å². The fourth-order valence-corrected chi connectivity index (χ4v) is 8.48. The molecule has 9 atom stereocenters. The topological polar surface area (TPSA) is 0 Å². The summed E-state index contributed by atoms with van der Waals surface area (Å²) in [5, 5.41) is 0. The molecule has 0 nitrogen and oxygen atoms in total. The van der Waals surface area contributed by atoms with Gasteiger partial charge in [-0.05, 0) is 109 Å². The van der Waals surface area contributed by atoms with Gasteiger partial charge in [-0.25, -0.2) is 0 Å². The highest BCUT2D eigenvalue weighted by Gasteiger charge is 2.40. The highest BCUT2D eigenvalue weighted by molar-refractivity contribution is 5.26. The van der Waals surface area contributed by atoms with Gasteiger partial charge in [0.1, 0.15) is 0 Å². The number of benzene rings is 1. The molecule has 0 heterocycles. The third-order valence-electron chi connectivity index (χ3n) is 11.0. The molecule has 3 aliphatic rings. The van der Waals surface area contributed by atoms with Crippen LogP contribution < -0.4 is 0 Å². The molecule has 3 fully saturated rings. The predicted octanol–water partition coefficient (Wildman–Crippen LogP) is 10.5. The van der Waals surface area contributed by atoms with E-state index >= 15 is 0 Å². The lowest BCUT2D eigenvalue weighted by atomic mass is 9.71. The Morgan fingerprint density at radius 1 is 0.824 bits per heavy atom. The maximum absolute atomic E-state index is 2.57. The van der Waals surface area contributed by atoms with Crippen LogP contribution in [-0.2, 0) is 6.42 Å². The monoisotopic (exact) mass is 464 g/mol. The van der Waals surface area contributed by atoms with E-state index < -0.39 is 0 Å². The summed E-state index contributed by atoms with van der Waals surface area (Å²) in [7, 11) is 0. The Labute approximate surface area is 213 Å². The largest absolute Gasteiger partial charge is 0.0654 e. The summed E-state index contributed by atoms with van der Waals surface area (Å²) in [4.78, 5) is 0. The number of hydrogen-bond acceptors (Lipinski definition) is 0. The minimum absolute atomic E-state index is 0.690. The van der Waals surface area contributed by atoms with Crippen LogP contribution in [-0.4, -0.2) is 0 Å². The minimum atomic E-state index is 0.690. The standard InChI is InChI=1S/C34H56/c1-6-10-27-11-8-14-31(18-27)34-22-32(20-28-12-9-13-30(19-28)24(3)7-2)33(23-34)21-29-16-15-25(4)26(5)17-29/h9,12-13,19,24-27,29,31-34H,6-8,10-11,14-18,20-23H2,1-5H3. The Bertz CT molecular complexity index is 731. The summed E-state index contributed by atoms with van der Waals surface area (Å²) >= 11 is 0. The molecule has 0 spiro atoms. The molecule has 0 heteroatoms. The van der Waals surface area contributed by atoms with Crippen molar-refractivity contribution >= 4 is 0 Å². The smallest absolute Gasteiger partial charge is 0.0193 e. The molecule has 0 amide bonds. The van der Waals surface area contributed by atoms with Crippen LogP contribution in [0.25, 0.3) is 0 Å². The molecule has 3 aliphatic carbocycles. The van der Waals surface area contributed by atoms with Crippen molar-refractivity contribution < 1.29 is 0 Å². The van der Waals surface area contributed by atoms with E-state index in [0.29, 0.717) is 5.92 Å². The molecule has 0 N–H and O–H groups in total.